The molecule has 0 amide bonds. The quantitative estimate of drug-likeness (QED) is 0.912. The molecule has 1 aliphatic rings. The van der Waals surface area contributed by atoms with Crippen molar-refractivity contribution in [3.8, 4) is 0 Å². The van der Waals surface area contributed by atoms with E-state index in [1.165, 1.54) is 24.6 Å². The fourth-order valence-corrected chi connectivity index (χ4v) is 3.02. The maximum absolute atomic E-state index is 13.7. The summed E-state index contributed by atoms with van der Waals surface area (Å²) in [5.74, 6) is -1.10. The summed E-state index contributed by atoms with van der Waals surface area (Å²) >= 11 is 0. The number of nitrogens with two attached hydrogens (primary N) is 1. The van der Waals surface area contributed by atoms with Crippen molar-refractivity contribution in [1.29, 1.82) is 0 Å². The molecule has 1 aliphatic heterocycles. The topological polar surface area (TPSA) is 29.3 Å². The second-order valence-corrected chi connectivity index (χ2v) is 5.57. The minimum Gasteiger partial charge on any atom is -0.323 e. The first kappa shape index (κ1) is 14.4. The molecule has 1 fully saturated rings. The van der Waals surface area contributed by atoms with Crippen molar-refractivity contribution in [3.63, 3.8) is 0 Å². The third kappa shape index (κ3) is 3.12. The van der Waals surface area contributed by atoms with E-state index >= 15 is 0 Å². The first-order valence-electron chi connectivity index (χ1n) is 6.96. The van der Waals surface area contributed by atoms with Gasteiger partial charge in [-0.2, -0.15) is 0 Å². The van der Waals surface area contributed by atoms with Crippen LogP contribution in [-0.4, -0.2) is 23.5 Å². The van der Waals surface area contributed by atoms with Crippen molar-refractivity contribution in [1.82, 2.24) is 4.90 Å². The smallest absolute Gasteiger partial charge is 0.130 e. The highest BCUT2D eigenvalue weighted by Gasteiger charge is 2.28. The first-order valence-corrected chi connectivity index (χ1v) is 6.96. The highest BCUT2D eigenvalue weighted by atomic mass is 19.1. The molecular formula is C15H22F2N2. The molecule has 0 radical (unpaired) electrons. The summed E-state index contributed by atoms with van der Waals surface area (Å²) in [5, 5.41) is 0. The number of nitrogens with zero attached hydrogens (tertiary/aromatic N) is 1. The fourth-order valence-electron chi connectivity index (χ4n) is 3.02. The van der Waals surface area contributed by atoms with Crippen molar-refractivity contribution in [2.24, 2.45) is 5.73 Å². The molecule has 19 heavy (non-hydrogen) atoms. The van der Waals surface area contributed by atoms with Crippen molar-refractivity contribution < 1.29 is 8.78 Å². The van der Waals surface area contributed by atoms with Gasteiger partial charge in [-0.3, -0.25) is 4.90 Å². The van der Waals surface area contributed by atoms with E-state index < -0.39 is 17.7 Å². The maximum Gasteiger partial charge on any atom is 0.130 e. The van der Waals surface area contributed by atoms with Crippen LogP contribution in [0.4, 0.5) is 8.78 Å². The van der Waals surface area contributed by atoms with E-state index in [9.17, 15) is 8.78 Å². The number of benzene rings is 1. The Balaban J connectivity index is 2.14. The van der Waals surface area contributed by atoms with Gasteiger partial charge in [0.1, 0.15) is 11.6 Å². The lowest BCUT2D eigenvalue weighted by molar-refractivity contribution is 0.0952. The summed E-state index contributed by atoms with van der Waals surface area (Å²) in [6.07, 6.45) is 3.45. The largest absolute Gasteiger partial charge is 0.323 e. The predicted molar refractivity (Wildman–Crippen MR) is 72.8 cm³/mol. The lowest BCUT2D eigenvalue weighted by Gasteiger charge is -2.40. The van der Waals surface area contributed by atoms with E-state index in [2.05, 4.69) is 18.7 Å². The van der Waals surface area contributed by atoms with Gasteiger partial charge in [0.2, 0.25) is 0 Å². The molecule has 0 bridgehead atoms. The first-order chi connectivity index (χ1) is 9.00. The average molecular weight is 268 g/mol. The van der Waals surface area contributed by atoms with Gasteiger partial charge in [-0.15, -0.1) is 0 Å². The van der Waals surface area contributed by atoms with E-state index in [1.54, 1.807) is 0 Å². The average Bonchev–Trinajstić information content (AvgIpc) is 2.34. The number of rotatable bonds is 3. The highest BCUT2D eigenvalue weighted by molar-refractivity contribution is 5.23. The molecule has 0 aliphatic carbocycles. The normalized spacial score (nSPS) is 26.4. The molecule has 1 saturated heterocycles. The summed E-state index contributed by atoms with van der Waals surface area (Å²) in [6, 6.07) is 4.12. The van der Waals surface area contributed by atoms with Crippen molar-refractivity contribution in [3.05, 3.63) is 35.4 Å². The number of piperidine rings is 1. The molecule has 2 N–H and O–H groups in total. The van der Waals surface area contributed by atoms with Crippen LogP contribution in [0.5, 0.6) is 0 Å². The van der Waals surface area contributed by atoms with Crippen LogP contribution in [0.1, 0.15) is 44.7 Å². The van der Waals surface area contributed by atoms with Gasteiger partial charge in [-0.25, -0.2) is 8.78 Å². The minimum atomic E-state index is -0.621. The molecule has 1 aromatic rings. The standard InChI is InChI=1S/C15H22F2N2/c1-10-5-3-6-11(2)19(10)9-14(18)15-12(16)7-4-8-13(15)17/h4,7-8,10-11,14H,3,5-6,9,18H2,1-2H3. The summed E-state index contributed by atoms with van der Waals surface area (Å²) in [6.45, 7) is 4.81. The van der Waals surface area contributed by atoms with Gasteiger partial charge in [0.05, 0.1) is 0 Å². The summed E-state index contributed by atoms with van der Waals surface area (Å²) in [5.41, 5.74) is 6.04. The molecule has 4 heteroatoms. The van der Waals surface area contributed by atoms with Gasteiger partial charge in [-0.1, -0.05) is 12.5 Å². The molecule has 106 valence electrons. The van der Waals surface area contributed by atoms with E-state index in [0.717, 1.165) is 12.8 Å². The lowest BCUT2D eigenvalue weighted by Crippen LogP contribution is -2.47. The van der Waals surface area contributed by atoms with Crippen LogP contribution in [0.15, 0.2) is 18.2 Å². The molecule has 1 heterocycles. The van der Waals surface area contributed by atoms with Gasteiger partial charge >= 0.3 is 0 Å². The minimum absolute atomic E-state index is 0.00692. The molecule has 0 spiro atoms. The summed E-state index contributed by atoms with van der Waals surface area (Å²) in [7, 11) is 0. The number of halogens is 2. The Morgan fingerprint density at radius 3 is 2.26 bits per heavy atom. The van der Waals surface area contributed by atoms with E-state index in [1.807, 2.05) is 0 Å². The predicted octanol–water partition coefficient (Wildman–Crippen LogP) is 3.23. The van der Waals surface area contributed by atoms with Gasteiger partial charge in [0.15, 0.2) is 0 Å². The summed E-state index contributed by atoms with van der Waals surface area (Å²) < 4.78 is 27.4. The third-order valence-corrected chi connectivity index (χ3v) is 4.15. The zero-order valence-electron chi connectivity index (χ0n) is 11.6. The van der Waals surface area contributed by atoms with Gasteiger partial charge < -0.3 is 5.73 Å². The van der Waals surface area contributed by atoms with Crippen molar-refractivity contribution >= 4 is 0 Å². The van der Waals surface area contributed by atoms with E-state index in [0.29, 0.717) is 18.6 Å². The third-order valence-electron chi connectivity index (χ3n) is 4.15. The molecule has 0 saturated carbocycles. The second kappa shape index (κ2) is 5.97. The zero-order valence-corrected chi connectivity index (χ0v) is 11.6. The van der Waals surface area contributed by atoms with Gasteiger partial charge in [-0.05, 0) is 38.8 Å². The van der Waals surface area contributed by atoms with Crippen molar-refractivity contribution in [2.45, 2.75) is 51.2 Å². The molecule has 1 aromatic carbocycles. The number of hydrogen-bond donors (Lipinski definition) is 1. The number of likely N-dealkylation sites (tertiary alicyclic amines) is 1. The van der Waals surface area contributed by atoms with Crippen LogP contribution < -0.4 is 5.73 Å². The van der Waals surface area contributed by atoms with Crippen LogP contribution >= 0.6 is 0 Å². The van der Waals surface area contributed by atoms with E-state index in [-0.39, 0.29) is 5.56 Å². The SMILES string of the molecule is CC1CCCC(C)N1CC(N)c1c(F)cccc1F. The Hall–Kier alpha value is -1.00. The molecule has 2 rings (SSSR count). The van der Waals surface area contributed by atoms with Crippen LogP contribution in [-0.2, 0) is 0 Å². The van der Waals surface area contributed by atoms with Gasteiger partial charge in [0.25, 0.3) is 0 Å². The Morgan fingerprint density at radius 2 is 1.74 bits per heavy atom. The lowest BCUT2D eigenvalue weighted by atomic mass is 9.95. The number of hydrogen-bond acceptors (Lipinski definition) is 2. The Morgan fingerprint density at radius 1 is 1.21 bits per heavy atom. The summed E-state index contributed by atoms with van der Waals surface area (Å²) in [4.78, 5) is 2.26. The van der Waals surface area contributed by atoms with Crippen LogP contribution in [0.25, 0.3) is 0 Å². The van der Waals surface area contributed by atoms with Gasteiger partial charge in [0, 0.05) is 30.2 Å². The Labute approximate surface area is 113 Å². The van der Waals surface area contributed by atoms with Crippen LogP contribution in [0, 0.1) is 11.6 Å². The monoisotopic (exact) mass is 268 g/mol. The fraction of sp³-hybridized carbons (Fsp3) is 0.600. The molecule has 3 unspecified atom stereocenters. The highest BCUT2D eigenvalue weighted by Crippen LogP contribution is 2.26. The van der Waals surface area contributed by atoms with Crippen LogP contribution in [0.2, 0.25) is 0 Å². The Bertz CT molecular complexity index is 406. The Kier molecular flexibility index (Phi) is 4.53. The van der Waals surface area contributed by atoms with E-state index in [4.69, 9.17) is 5.73 Å². The molecular weight excluding hydrogens is 246 g/mol. The zero-order chi connectivity index (χ0) is 14.0. The molecule has 2 nitrogen and oxygen atoms in total. The second-order valence-electron chi connectivity index (χ2n) is 5.57. The molecule has 0 aromatic heterocycles. The van der Waals surface area contributed by atoms with Crippen molar-refractivity contribution in [2.75, 3.05) is 6.54 Å². The molecule has 3 atom stereocenters. The van der Waals surface area contributed by atoms with Crippen LogP contribution in [0.3, 0.4) is 0 Å². The maximum atomic E-state index is 13.7.